The van der Waals surface area contributed by atoms with Gasteiger partial charge in [-0.3, -0.25) is 0 Å². The molecule has 2 atom stereocenters. The van der Waals surface area contributed by atoms with Gasteiger partial charge in [-0.2, -0.15) is 0 Å². The lowest BCUT2D eigenvalue weighted by Gasteiger charge is -2.36. The summed E-state index contributed by atoms with van der Waals surface area (Å²) in [4.78, 5) is 39.6. The first kappa shape index (κ1) is 41.2. The summed E-state index contributed by atoms with van der Waals surface area (Å²) in [5.41, 5.74) is 17.8. The lowest BCUT2D eigenvalue weighted by Crippen LogP contribution is -2.22. The van der Waals surface area contributed by atoms with Gasteiger partial charge in [-0.15, -0.1) is 0 Å². The fraction of sp³-hybridized carbons (Fsp3) is 0.226. The summed E-state index contributed by atoms with van der Waals surface area (Å²) in [5, 5.41) is 6.58. The van der Waals surface area contributed by atoms with Gasteiger partial charge in [0.2, 0.25) is 0 Å². The molecule has 340 valence electrons. The quantitative estimate of drug-likeness (QED) is 0.170. The third-order valence-corrected chi connectivity index (χ3v) is 15.5. The maximum atomic E-state index is 5.46. The summed E-state index contributed by atoms with van der Waals surface area (Å²) >= 11 is 0. The number of nitrogens with one attached hydrogen (secondary N) is 2. The van der Waals surface area contributed by atoms with E-state index >= 15 is 0 Å². The van der Waals surface area contributed by atoms with Crippen LogP contribution in [0, 0.1) is 0 Å². The van der Waals surface area contributed by atoms with Crippen molar-refractivity contribution in [3.8, 4) is 56.7 Å². The molecule has 8 bridgehead atoms. The van der Waals surface area contributed by atoms with E-state index in [-0.39, 0.29) is 16.2 Å². The minimum atomic E-state index is -0.0948. The van der Waals surface area contributed by atoms with E-state index in [4.69, 9.17) is 29.9 Å². The van der Waals surface area contributed by atoms with Crippen molar-refractivity contribution in [2.75, 3.05) is 0 Å². The first-order valence-corrected chi connectivity index (χ1v) is 24.6. The van der Waals surface area contributed by atoms with Crippen LogP contribution in [-0.2, 0) is 16.2 Å². The van der Waals surface area contributed by atoms with Crippen LogP contribution in [0.3, 0.4) is 0 Å². The largest absolute Gasteiger partial charge is 0.324 e. The van der Waals surface area contributed by atoms with E-state index in [2.05, 4.69) is 200 Å². The number of aromatic amines is 2. The molecule has 0 spiro atoms. The molecule has 0 saturated heterocycles. The second kappa shape index (κ2) is 13.9. The molecule has 0 fully saturated rings. The van der Waals surface area contributed by atoms with Crippen molar-refractivity contribution < 1.29 is 0 Å². The van der Waals surface area contributed by atoms with E-state index < -0.39 is 0 Å². The Morgan fingerprint density at radius 2 is 0.771 bits per heavy atom. The Morgan fingerprint density at radius 3 is 1.31 bits per heavy atom. The van der Waals surface area contributed by atoms with Crippen molar-refractivity contribution in [1.29, 1.82) is 0 Å². The number of benzene rings is 7. The zero-order chi connectivity index (χ0) is 47.7. The monoisotopic (exact) mass is 908 g/mol. The van der Waals surface area contributed by atoms with Gasteiger partial charge in [-0.05, 0) is 107 Å². The number of hydrogen-bond donors (Lipinski definition) is 2. The average molecular weight is 909 g/mol. The van der Waals surface area contributed by atoms with Crippen molar-refractivity contribution in [1.82, 2.24) is 39.9 Å². The van der Waals surface area contributed by atoms with Gasteiger partial charge in [0.15, 0.2) is 23.3 Å². The van der Waals surface area contributed by atoms with Crippen molar-refractivity contribution in [2.24, 2.45) is 0 Å². The second-order valence-corrected chi connectivity index (χ2v) is 23.0. The Kier molecular flexibility index (Phi) is 8.18. The minimum absolute atomic E-state index is 0.0823. The number of H-pyrrole nitrogens is 2. The van der Waals surface area contributed by atoms with Gasteiger partial charge < -0.3 is 9.97 Å². The van der Waals surface area contributed by atoms with Crippen molar-refractivity contribution in [3.63, 3.8) is 0 Å². The molecule has 7 aromatic carbocycles. The summed E-state index contributed by atoms with van der Waals surface area (Å²) in [6.45, 7) is 20.1. The average Bonchev–Trinajstić information content (AvgIpc) is 4.11. The van der Waals surface area contributed by atoms with Crippen LogP contribution >= 0.6 is 0 Å². The third-order valence-electron chi connectivity index (χ3n) is 15.5. The molecule has 0 saturated carbocycles. The Labute approximate surface area is 406 Å². The molecule has 10 aromatic rings. The fourth-order valence-electron chi connectivity index (χ4n) is 11.6. The van der Waals surface area contributed by atoms with E-state index in [1.807, 2.05) is 0 Å². The molecule has 5 heterocycles. The molecule has 8 nitrogen and oxygen atoms in total. The maximum Gasteiger partial charge on any atom is 0.164 e. The number of hydrogen-bond acceptors (Lipinski definition) is 6. The molecule has 2 unspecified atom stereocenters. The zero-order valence-corrected chi connectivity index (χ0v) is 41.0. The summed E-state index contributed by atoms with van der Waals surface area (Å²) in [6, 6.07) is 47.1. The first-order chi connectivity index (χ1) is 33.5. The molecular formula is C62H52N8. The SMILES string of the molecule is CC(C)(C)c1ccc2c(c1)-c1nc-2nc2[nH]c(nc3nc(nc4[nH]c(n1)c1ccc(-c5ccc6c(c5)C5c7cccc8cccc(c78)C65)cc41)-c1ccc(C(C)(C)C)cc1-3)c1ccc(C(C)(C)C)cc21. The standard InChI is InChI=1S/C62H52N8/c1-60(2,3)34-18-23-39-46(28-34)58-66-53(39)64-56-45-27-33(32-16-21-37-44(26-32)51-43-15-11-13-31-12-10-14-42(49(31)43)50(37)51)17-22-38(45)52(63-56)65-57-47-29-35(61(4,5)6)19-24-40(47)54(67-57)69-59-48-30-36(62(7,8)9)20-25-41(48)55(68-58)70-59/h10-30,50-51H,1-9H3,(H2,63,64,65,66,67,68,69,70). The Hall–Kier alpha value is -7.84. The maximum absolute atomic E-state index is 5.46. The van der Waals surface area contributed by atoms with E-state index in [0.717, 1.165) is 49.4 Å². The topological polar surface area (TPSA) is 109 Å². The van der Waals surface area contributed by atoms with Crippen LogP contribution < -0.4 is 0 Å². The van der Waals surface area contributed by atoms with Gasteiger partial charge in [0.25, 0.3) is 0 Å². The van der Waals surface area contributed by atoms with Gasteiger partial charge in [0.1, 0.15) is 22.6 Å². The zero-order valence-electron chi connectivity index (χ0n) is 41.0. The summed E-state index contributed by atoms with van der Waals surface area (Å²) in [5.74, 6) is 3.16. The van der Waals surface area contributed by atoms with E-state index in [1.54, 1.807) is 0 Å². The minimum Gasteiger partial charge on any atom is -0.324 e. The van der Waals surface area contributed by atoms with Crippen LogP contribution in [0.15, 0.2) is 127 Å². The summed E-state index contributed by atoms with van der Waals surface area (Å²) in [6.07, 6.45) is 0. The molecule has 2 aliphatic carbocycles. The van der Waals surface area contributed by atoms with Crippen LogP contribution in [0.4, 0.5) is 0 Å². The van der Waals surface area contributed by atoms with Crippen molar-refractivity contribution >= 4 is 54.9 Å². The lowest BCUT2D eigenvalue weighted by atomic mass is 9.66. The Balaban J connectivity index is 1.04. The van der Waals surface area contributed by atoms with Gasteiger partial charge in [-0.25, -0.2) is 29.9 Å². The molecule has 8 heteroatoms. The number of fused-ring (bicyclic) bond motifs is 26. The van der Waals surface area contributed by atoms with Gasteiger partial charge >= 0.3 is 0 Å². The molecule has 14 rings (SSSR count). The number of aromatic nitrogens is 8. The smallest absolute Gasteiger partial charge is 0.164 e. The van der Waals surface area contributed by atoms with Gasteiger partial charge in [0.05, 0.1) is 0 Å². The highest BCUT2D eigenvalue weighted by Gasteiger charge is 2.45. The molecule has 0 radical (unpaired) electrons. The summed E-state index contributed by atoms with van der Waals surface area (Å²) in [7, 11) is 0. The van der Waals surface area contributed by atoms with E-state index in [0.29, 0.717) is 57.7 Å². The predicted octanol–water partition coefficient (Wildman–Crippen LogP) is 15.2. The molecule has 70 heavy (non-hydrogen) atoms. The molecule has 2 N–H and O–H groups in total. The Bertz CT molecular complexity index is 4120. The molecule has 4 aliphatic rings. The molecular weight excluding hydrogens is 857 g/mol. The number of rotatable bonds is 1. The normalized spacial score (nSPS) is 15.8. The van der Waals surface area contributed by atoms with Gasteiger partial charge in [0, 0.05) is 55.6 Å². The highest BCUT2D eigenvalue weighted by molar-refractivity contribution is 6.08. The highest BCUT2D eigenvalue weighted by atomic mass is 15.1. The van der Waals surface area contributed by atoms with Crippen LogP contribution in [0.2, 0.25) is 0 Å². The fourth-order valence-corrected chi connectivity index (χ4v) is 11.6. The Morgan fingerprint density at radius 1 is 0.343 bits per heavy atom. The van der Waals surface area contributed by atoms with Crippen molar-refractivity contribution in [2.45, 2.75) is 90.4 Å². The lowest BCUT2D eigenvalue weighted by molar-refractivity contribution is 0.590. The molecule has 3 aromatic heterocycles. The van der Waals surface area contributed by atoms with Crippen LogP contribution in [0.25, 0.3) is 112 Å². The van der Waals surface area contributed by atoms with E-state index in [1.165, 1.54) is 55.3 Å². The highest BCUT2D eigenvalue weighted by Crippen LogP contribution is 2.61. The summed E-state index contributed by atoms with van der Waals surface area (Å²) < 4.78 is 0. The van der Waals surface area contributed by atoms with E-state index in [9.17, 15) is 0 Å². The van der Waals surface area contributed by atoms with Gasteiger partial charge in [-0.1, -0.05) is 159 Å². The van der Waals surface area contributed by atoms with Crippen molar-refractivity contribution in [3.05, 3.63) is 166 Å². The predicted molar refractivity (Wildman–Crippen MR) is 285 cm³/mol. The van der Waals surface area contributed by atoms with Crippen LogP contribution in [-0.4, -0.2) is 39.9 Å². The second-order valence-electron chi connectivity index (χ2n) is 23.0. The van der Waals surface area contributed by atoms with Crippen LogP contribution in [0.5, 0.6) is 0 Å². The molecule has 2 aliphatic heterocycles. The third kappa shape index (κ3) is 6.01. The number of nitrogens with zero attached hydrogens (tertiary/aromatic N) is 6. The van der Waals surface area contributed by atoms with Crippen LogP contribution in [0.1, 0.15) is 113 Å². The molecule has 0 amide bonds. The first-order valence-electron chi connectivity index (χ1n) is 24.6.